The Hall–Kier alpha value is -1.90. The van der Waals surface area contributed by atoms with Crippen molar-refractivity contribution < 1.29 is 18.0 Å². The van der Waals surface area contributed by atoms with E-state index in [0.717, 1.165) is 12.4 Å². The van der Waals surface area contributed by atoms with Crippen molar-refractivity contribution in [2.75, 3.05) is 31.1 Å². The minimum Gasteiger partial charge on any atom is -0.338 e. The molecular weight excluding hydrogens is 275 g/mol. The summed E-state index contributed by atoms with van der Waals surface area (Å²) in [6.07, 6.45) is -2.87. The molecule has 20 heavy (non-hydrogen) atoms. The summed E-state index contributed by atoms with van der Waals surface area (Å²) in [6, 6.07) is 0. The summed E-state index contributed by atoms with van der Waals surface area (Å²) in [5.74, 6) is 0.115. The van der Waals surface area contributed by atoms with Crippen LogP contribution in [0.4, 0.5) is 19.1 Å². The van der Waals surface area contributed by atoms with E-state index in [-0.39, 0.29) is 11.9 Å². The fraction of sp³-hybridized carbons (Fsp3) is 0.545. The van der Waals surface area contributed by atoms with Crippen molar-refractivity contribution in [2.45, 2.75) is 13.1 Å². The van der Waals surface area contributed by atoms with E-state index in [1.165, 1.54) is 6.92 Å². The highest BCUT2D eigenvalue weighted by Crippen LogP contribution is 2.28. The molecule has 6 nitrogen and oxygen atoms in total. The number of amides is 1. The van der Waals surface area contributed by atoms with Crippen LogP contribution in [0.2, 0.25) is 0 Å². The summed E-state index contributed by atoms with van der Waals surface area (Å²) in [5, 5.41) is 1.75. The van der Waals surface area contributed by atoms with Crippen molar-refractivity contribution in [1.29, 1.82) is 0 Å². The third-order valence-corrected chi connectivity index (χ3v) is 2.84. The third kappa shape index (κ3) is 3.56. The molecule has 1 saturated heterocycles. The second kappa shape index (κ2) is 5.61. The maximum absolute atomic E-state index is 12.4. The number of piperazine rings is 1. The van der Waals surface area contributed by atoms with Crippen molar-refractivity contribution >= 4 is 11.9 Å². The van der Waals surface area contributed by atoms with Gasteiger partial charge in [-0.1, -0.05) is 0 Å². The Morgan fingerprint density at radius 3 is 2.20 bits per heavy atom. The van der Waals surface area contributed by atoms with Gasteiger partial charge in [0.2, 0.25) is 11.9 Å². The van der Waals surface area contributed by atoms with Crippen molar-refractivity contribution in [3.05, 3.63) is 18.0 Å². The Kier molecular flexibility index (Phi) is 4.07. The summed E-state index contributed by atoms with van der Waals surface area (Å²) in [4.78, 5) is 20.2. The number of hydrogen-bond donors (Lipinski definition) is 1. The van der Waals surface area contributed by atoms with Crippen molar-refractivity contribution in [1.82, 2.24) is 20.4 Å². The fourth-order valence-electron chi connectivity index (χ4n) is 1.87. The van der Waals surface area contributed by atoms with Gasteiger partial charge in [-0.3, -0.25) is 10.2 Å². The number of alkyl halides is 3. The van der Waals surface area contributed by atoms with Crippen molar-refractivity contribution in [3.8, 4) is 0 Å². The lowest BCUT2D eigenvalue weighted by Crippen LogP contribution is -2.53. The van der Waals surface area contributed by atoms with E-state index >= 15 is 0 Å². The van der Waals surface area contributed by atoms with E-state index in [1.54, 1.807) is 9.91 Å². The summed E-state index contributed by atoms with van der Waals surface area (Å²) < 4.78 is 37.2. The van der Waals surface area contributed by atoms with Crippen LogP contribution in [0.3, 0.4) is 0 Å². The Morgan fingerprint density at radius 2 is 1.75 bits per heavy atom. The molecule has 1 aliphatic rings. The van der Waals surface area contributed by atoms with Gasteiger partial charge in [-0.05, 0) is 0 Å². The van der Waals surface area contributed by atoms with E-state index < -0.39 is 11.7 Å². The van der Waals surface area contributed by atoms with Gasteiger partial charge in [0.1, 0.15) is 0 Å². The molecule has 1 N–H and O–H groups in total. The van der Waals surface area contributed by atoms with Crippen LogP contribution in [0.15, 0.2) is 12.4 Å². The Labute approximate surface area is 113 Å². The molecule has 1 aromatic rings. The van der Waals surface area contributed by atoms with Crippen LogP contribution < -0.4 is 10.3 Å². The lowest BCUT2D eigenvalue weighted by atomic mass is 10.3. The standard InChI is InChI=1S/C11H14F3N5O/c1-8(20)17-19-4-2-18(3-5-19)10-15-6-9(7-16-10)11(12,13)14/h6-7H,2-5H2,1H3,(H,17,20). The Morgan fingerprint density at radius 1 is 1.20 bits per heavy atom. The van der Waals surface area contributed by atoms with Gasteiger partial charge in [0.05, 0.1) is 5.56 Å². The maximum Gasteiger partial charge on any atom is 0.419 e. The fourth-order valence-corrected chi connectivity index (χ4v) is 1.87. The third-order valence-electron chi connectivity index (χ3n) is 2.84. The minimum atomic E-state index is -4.43. The highest BCUT2D eigenvalue weighted by atomic mass is 19.4. The molecule has 1 fully saturated rings. The van der Waals surface area contributed by atoms with E-state index in [4.69, 9.17) is 0 Å². The maximum atomic E-state index is 12.4. The number of halogens is 3. The molecule has 0 atom stereocenters. The van der Waals surface area contributed by atoms with Crippen LogP contribution in [0.25, 0.3) is 0 Å². The van der Waals surface area contributed by atoms with Gasteiger partial charge < -0.3 is 4.90 Å². The number of hydrogen-bond acceptors (Lipinski definition) is 5. The zero-order valence-corrected chi connectivity index (χ0v) is 10.8. The molecular formula is C11H14F3N5O. The summed E-state index contributed by atoms with van der Waals surface area (Å²) >= 11 is 0. The second-order valence-corrected chi connectivity index (χ2v) is 4.41. The van der Waals surface area contributed by atoms with E-state index in [1.807, 2.05) is 0 Å². The Bertz CT molecular complexity index is 468. The summed E-state index contributed by atoms with van der Waals surface area (Å²) in [6.45, 7) is 3.61. The first-order valence-corrected chi connectivity index (χ1v) is 6.02. The molecule has 0 spiro atoms. The number of carbonyl (C=O) groups excluding carboxylic acids is 1. The largest absolute Gasteiger partial charge is 0.419 e. The van der Waals surface area contributed by atoms with E-state index in [0.29, 0.717) is 26.2 Å². The average molecular weight is 289 g/mol. The quantitative estimate of drug-likeness (QED) is 0.867. The first kappa shape index (κ1) is 14.5. The average Bonchev–Trinajstić information content (AvgIpc) is 2.38. The number of aromatic nitrogens is 2. The topological polar surface area (TPSA) is 61.4 Å². The zero-order valence-electron chi connectivity index (χ0n) is 10.8. The number of anilines is 1. The van der Waals surface area contributed by atoms with Gasteiger partial charge in [0, 0.05) is 45.5 Å². The highest BCUT2D eigenvalue weighted by Gasteiger charge is 2.31. The molecule has 1 amide bonds. The predicted molar refractivity (Wildman–Crippen MR) is 64.6 cm³/mol. The first-order valence-electron chi connectivity index (χ1n) is 6.02. The zero-order chi connectivity index (χ0) is 14.8. The van der Waals surface area contributed by atoms with E-state index in [2.05, 4.69) is 15.4 Å². The molecule has 0 aliphatic carbocycles. The molecule has 0 bridgehead atoms. The molecule has 2 heterocycles. The smallest absolute Gasteiger partial charge is 0.338 e. The monoisotopic (exact) mass is 289 g/mol. The van der Waals surface area contributed by atoms with Gasteiger partial charge in [-0.2, -0.15) is 13.2 Å². The first-order chi connectivity index (χ1) is 9.36. The van der Waals surface area contributed by atoms with Gasteiger partial charge in [0.25, 0.3) is 0 Å². The molecule has 1 aromatic heterocycles. The molecule has 110 valence electrons. The number of nitrogens with zero attached hydrogens (tertiary/aromatic N) is 4. The second-order valence-electron chi connectivity index (χ2n) is 4.41. The molecule has 0 aromatic carbocycles. The summed E-state index contributed by atoms with van der Waals surface area (Å²) in [7, 11) is 0. The Balaban J connectivity index is 1.95. The highest BCUT2D eigenvalue weighted by molar-refractivity contribution is 5.72. The molecule has 9 heteroatoms. The van der Waals surface area contributed by atoms with Crippen LogP contribution in [0, 0.1) is 0 Å². The lowest BCUT2D eigenvalue weighted by molar-refractivity contribution is -0.138. The SMILES string of the molecule is CC(=O)NN1CCN(c2ncc(C(F)(F)F)cn2)CC1. The predicted octanol–water partition coefficient (Wildman–Crippen LogP) is 0.668. The molecule has 2 rings (SSSR count). The van der Waals surface area contributed by atoms with Crippen LogP contribution in [-0.2, 0) is 11.0 Å². The molecule has 0 saturated carbocycles. The van der Waals surface area contributed by atoms with Crippen LogP contribution in [-0.4, -0.2) is 47.1 Å². The number of hydrazine groups is 1. The van der Waals surface area contributed by atoms with Crippen molar-refractivity contribution in [3.63, 3.8) is 0 Å². The van der Waals surface area contributed by atoms with Gasteiger partial charge in [-0.25, -0.2) is 15.0 Å². The van der Waals surface area contributed by atoms with E-state index in [9.17, 15) is 18.0 Å². The van der Waals surface area contributed by atoms with Crippen molar-refractivity contribution in [2.24, 2.45) is 0 Å². The summed E-state index contributed by atoms with van der Waals surface area (Å²) in [5.41, 5.74) is 1.80. The minimum absolute atomic E-state index is 0.149. The normalized spacial score (nSPS) is 17.1. The lowest BCUT2D eigenvalue weighted by Gasteiger charge is -2.34. The number of nitrogens with one attached hydrogen (secondary N) is 1. The van der Waals surface area contributed by atoms with Gasteiger partial charge >= 0.3 is 6.18 Å². The van der Waals surface area contributed by atoms with Crippen LogP contribution in [0.1, 0.15) is 12.5 Å². The van der Waals surface area contributed by atoms with Gasteiger partial charge in [-0.15, -0.1) is 0 Å². The van der Waals surface area contributed by atoms with Crippen LogP contribution >= 0.6 is 0 Å². The molecule has 0 radical (unpaired) electrons. The number of carbonyl (C=O) groups is 1. The van der Waals surface area contributed by atoms with Crippen LogP contribution in [0.5, 0.6) is 0 Å². The number of rotatable bonds is 2. The molecule has 0 unspecified atom stereocenters. The van der Waals surface area contributed by atoms with Gasteiger partial charge in [0.15, 0.2) is 0 Å². The molecule has 1 aliphatic heterocycles.